The maximum absolute atomic E-state index is 13.0. The summed E-state index contributed by atoms with van der Waals surface area (Å²) in [5.41, 5.74) is 7.08. The van der Waals surface area contributed by atoms with Gasteiger partial charge >= 0.3 is 0 Å². The van der Waals surface area contributed by atoms with Gasteiger partial charge in [-0.05, 0) is 24.3 Å². The second kappa shape index (κ2) is 3.78. The normalized spacial score (nSPS) is 10.9. The van der Waals surface area contributed by atoms with E-state index in [1.54, 1.807) is 18.3 Å². The smallest absolute Gasteiger partial charge is 0.126 e. The average molecular weight is 245 g/mol. The van der Waals surface area contributed by atoms with Gasteiger partial charge in [0.25, 0.3) is 0 Å². The van der Waals surface area contributed by atoms with Gasteiger partial charge in [-0.3, -0.25) is 0 Å². The molecule has 1 aromatic carbocycles. The van der Waals surface area contributed by atoms with Crippen molar-refractivity contribution in [1.29, 1.82) is 0 Å². The van der Waals surface area contributed by atoms with E-state index in [-0.39, 0.29) is 5.82 Å². The van der Waals surface area contributed by atoms with E-state index in [0.29, 0.717) is 11.3 Å². The van der Waals surface area contributed by atoms with E-state index in [0.717, 1.165) is 15.3 Å². The van der Waals surface area contributed by atoms with Crippen molar-refractivity contribution in [3.8, 4) is 10.6 Å². The Hall–Kier alpha value is -2.01. The Morgan fingerprint density at radius 2 is 2.06 bits per heavy atom. The summed E-state index contributed by atoms with van der Waals surface area (Å²) in [4.78, 5) is 8.38. The Balaban J connectivity index is 2.14. The fourth-order valence-corrected chi connectivity index (χ4v) is 2.49. The van der Waals surface area contributed by atoms with Crippen LogP contribution in [0.15, 0.2) is 36.5 Å². The van der Waals surface area contributed by atoms with Gasteiger partial charge in [0.15, 0.2) is 0 Å². The Morgan fingerprint density at radius 3 is 2.82 bits per heavy atom. The fraction of sp³-hybridized carbons (Fsp3) is 0. The van der Waals surface area contributed by atoms with Gasteiger partial charge in [0, 0.05) is 17.8 Å². The third kappa shape index (κ3) is 1.85. The van der Waals surface area contributed by atoms with Crippen molar-refractivity contribution in [3.05, 3.63) is 42.3 Å². The number of aromatic nitrogens is 2. The maximum atomic E-state index is 13.0. The molecule has 3 aromatic rings. The number of nitrogen functional groups attached to an aromatic ring is 1. The molecule has 0 atom stereocenters. The second-order valence-corrected chi connectivity index (χ2v) is 4.63. The molecule has 0 aliphatic rings. The predicted molar refractivity (Wildman–Crippen MR) is 67.2 cm³/mol. The van der Waals surface area contributed by atoms with E-state index < -0.39 is 0 Å². The number of rotatable bonds is 1. The number of hydrogen-bond donors (Lipinski definition) is 1. The molecule has 0 radical (unpaired) electrons. The molecular weight excluding hydrogens is 237 g/mol. The summed E-state index contributed by atoms with van der Waals surface area (Å²) >= 11 is 1.51. The first-order chi connectivity index (χ1) is 8.22. The molecule has 2 N–H and O–H groups in total. The molecule has 0 amide bonds. The SMILES string of the molecule is Nc1ccc(-c2nc3cc(F)ccc3s2)cn1. The number of hydrogen-bond acceptors (Lipinski definition) is 4. The van der Waals surface area contributed by atoms with Gasteiger partial charge in [-0.2, -0.15) is 0 Å². The number of thiazole rings is 1. The molecule has 3 rings (SSSR count). The highest BCUT2D eigenvalue weighted by Crippen LogP contribution is 2.30. The van der Waals surface area contributed by atoms with E-state index in [4.69, 9.17) is 5.73 Å². The molecule has 0 bridgehead atoms. The highest BCUT2D eigenvalue weighted by Gasteiger charge is 2.07. The number of fused-ring (bicyclic) bond motifs is 1. The largest absolute Gasteiger partial charge is 0.384 e. The first kappa shape index (κ1) is 10.2. The molecule has 0 unspecified atom stereocenters. The highest BCUT2D eigenvalue weighted by molar-refractivity contribution is 7.21. The number of anilines is 1. The molecule has 5 heteroatoms. The number of nitrogens with zero attached hydrogens (tertiary/aromatic N) is 2. The van der Waals surface area contributed by atoms with Crippen molar-refractivity contribution in [2.75, 3.05) is 5.73 Å². The van der Waals surface area contributed by atoms with E-state index >= 15 is 0 Å². The molecule has 0 saturated heterocycles. The number of benzene rings is 1. The van der Waals surface area contributed by atoms with E-state index in [9.17, 15) is 4.39 Å². The van der Waals surface area contributed by atoms with Crippen molar-refractivity contribution < 1.29 is 4.39 Å². The fourth-order valence-electron chi connectivity index (χ4n) is 1.56. The summed E-state index contributed by atoms with van der Waals surface area (Å²) in [6.07, 6.45) is 1.67. The molecule has 0 aliphatic carbocycles. The summed E-state index contributed by atoms with van der Waals surface area (Å²) in [6, 6.07) is 8.18. The summed E-state index contributed by atoms with van der Waals surface area (Å²) in [6.45, 7) is 0. The summed E-state index contributed by atoms with van der Waals surface area (Å²) < 4.78 is 14.0. The Bertz CT molecular complexity index is 676. The molecule has 2 aromatic heterocycles. The number of pyridine rings is 1. The van der Waals surface area contributed by atoms with Gasteiger partial charge in [-0.1, -0.05) is 0 Å². The van der Waals surface area contributed by atoms with Gasteiger partial charge in [0.05, 0.1) is 10.2 Å². The topological polar surface area (TPSA) is 51.8 Å². The average Bonchev–Trinajstić information content (AvgIpc) is 2.72. The zero-order chi connectivity index (χ0) is 11.8. The van der Waals surface area contributed by atoms with Crippen LogP contribution in [0, 0.1) is 5.82 Å². The van der Waals surface area contributed by atoms with Crippen molar-refractivity contribution in [1.82, 2.24) is 9.97 Å². The maximum Gasteiger partial charge on any atom is 0.126 e. The van der Waals surface area contributed by atoms with Crippen LogP contribution in [0.1, 0.15) is 0 Å². The number of halogens is 1. The Kier molecular flexibility index (Phi) is 2.26. The van der Waals surface area contributed by atoms with Gasteiger partial charge in [-0.25, -0.2) is 14.4 Å². The van der Waals surface area contributed by atoms with Crippen LogP contribution >= 0.6 is 11.3 Å². The van der Waals surface area contributed by atoms with E-state index in [2.05, 4.69) is 9.97 Å². The molecular formula is C12H8FN3S. The van der Waals surface area contributed by atoms with Crippen LogP contribution in [0.2, 0.25) is 0 Å². The molecule has 17 heavy (non-hydrogen) atoms. The van der Waals surface area contributed by atoms with Crippen molar-refractivity contribution in [2.45, 2.75) is 0 Å². The molecule has 2 heterocycles. The highest BCUT2D eigenvalue weighted by atomic mass is 32.1. The van der Waals surface area contributed by atoms with Crippen molar-refractivity contribution >= 4 is 27.4 Å². The van der Waals surface area contributed by atoms with Crippen LogP contribution in [-0.4, -0.2) is 9.97 Å². The van der Waals surface area contributed by atoms with Gasteiger partial charge < -0.3 is 5.73 Å². The Labute approximate surface area is 101 Å². The summed E-state index contributed by atoms with van der Waals surface area (Å²) in [5, 5.41) is 0.818. The quantitative estimate of drug-likeness (QED) is 0.716. The van der Waals surface area contributed by atoms with Crippen molar-refractivity contribution in [2.24, 2.45) is 0 Å². The van der Waals surface area contributed by atoms with Crippen LogP contribution in [-0.2, 0) is 0 Å². The minimum absolute atomic E-state index is 0.273. The second-order valence-electron chi connectivity index (χ2n) is 3.60. The monoisotopic (exact) mass is 245 g/mol. The zero-order valence-corrected chi connectivity index (χ0v) is 9.54. The molecule has 0 aliphatic heterocycles. The zero-order valence-electron chi connectivity index (χ0n) is 8.72. The van der Waals surface area contributed by atoms with Crippen LogP contribution in [0.25, 0.3) is 20.8 Å². The molecule has 84 valence electrons. The predicted octanol–water partition coefficient (Wildman–Crippen LogP) is 3.08. The third-order valence-electron chi connectivity index (χ3n) is 2.38. The third-order valence-corrected chi connectivity index (χ3v) is 3.47. The number of nitrogens with two attached hydrogens (primary N) is 1. The van der Waals surface area contributed by atoms with E-state index in [1.807, 2.05) is 6.07 Å². The van der Waals surface area contributed by atoms with Crippen molar-refractivity contribution in [3.63, 3.8) is 0 Å². The van der Waals surface area contributed by atoms with Crippen LogP contribution in [0.5, 0.6) is 0 Å². The lowest BCUT2D eigenvalue weighted by Gasteiger charge is -1.95. The Morgan fingerprint density at radius 1 is 1.18 bits per heavy atom. The summed E-state index contributed by atoms with van der Waals surface area (Å²) in [7, 11) is 0. The van der Waals surface area contributed by atoms with Gasteiger partial charge in [-0.15, -0.1) is 11.3 Å². The lowest BCUT2D eigenvalue weighted by atomic mass is 10.3. The van der Waals surface area contributed by atoms with Gasteiger partial charge in [0.2, 0.25) is 0 Å². The molecule has 0 saturated carbocycles. The standard InChI is InChI=1S/C12H8FN3S/c13-8-2-3-10-9(5-8)16-12(17-10)7-1-4-11(14)15-6-7/h1-6H,(H2,14,15). The first-order valence-corrected chi connectivity index (χ1v) is 5.82. The lowest BCUT2D eigenvalue weighted by Crippen LogP contribution is -1.88. The van der Waals surface area contributed by atoms with Crippen LogP contribution in [0.4, 0.5) is 10.2 Å². The minimum Gasteiger partial charge on any atom is -0.384 e. The van der Waals surface area contributed by atoms with Crippen LogP contribution in [0.3, 0.4) is 0 Å². The minimum atomic E-state index is -0.273. The van der Waals surface area contributed by atoms with Gasteiger partial charge in [0.1, 0.15) is 16.6 Å². The van der Waals surface area contributed by atoms with E-state index in [1.165, 1.54) is 23.5 Å². The summed E-state index contributed by atoms with van der Waals surface area (Å²) in [5.74, 6) is 0.200. The molecule has 0 fully saturated rings. The van der Waals surface area contributed by atoms with Crippen LogP contribution < -0.4 is 5.73 Å². The lowest BCUT2D eigenvalue weighted by molar-refractivity contribution is 0.629. The molecule has 0 spiro atoms. The molecule has 3 nitrogen and oxygen atoms in total. The first-order valence-electron chi connectivity index (χ1n) is 5.00.